The maximum atomic E-state index is 11.0. The van der Waals surface area contributed by atoms with E-state index in [9.17, 15) is 9.59 Å². The van der Waals surface area contributed by atoms with E-state index in [4.69, 9.17) is 5.11 Å². The van der Waals surface area contributed by atoms with E-state index >= 15 is 0 Å². The molecule has 0 spiro atoms. The summed E-state index contributed by atoms with van der Waals surface area (Å²) in [4.78, 5) is 27.8. The average molecular weight is 251 g/mol. The molecule has 0 radical (unpaired) electrons. The molecule has 18 heavy (non-hydrogen) atoms. The fourth-order valence-corrected chi connectivity index (χ4v) is 1.58. The molecule has 0 aliphatic carbocycles. The van der Waals surface area contributed by atoms with Gasteiger partial charge < -0.3 is 10.4 Å². The van der Waals surface area contributed by atoms with Crippen LogP contribution < -0.4 is 5.32 Å². The molecule has 1 amide bonds. The predicted molar refractivity (Wildman–Crippen MR) is 65.8 cm³/mol. The second-order valence-corrected chi connectivity index (χ2v) is 4.11. The van der Waals surface area contributed by atoms with E-state index < -0.39 is 12.0 Å². The molecular formula is C12H17N3O3. The Morgan fingerprint density at radius 2 is 2.22 bits per heavy atom. The van der Waals surface area contributed by atoms with Gasteiger partial charge in [0.25, 0.3) is 0 Å². The lowest BCUT2D eigenvalue weighted by Crippen LogP contribution is -2.46. The fourth-order valence-electron chi connectivity index (χ4n) is 1.58. The van der Waals surface area contributed by atoms with Crippen LogP contribution in [0.1, 0.15) is 12.6 Å². The van der Waals surface area contributed by atoms with E-state index in [0.29, 0.717) is 6.54 Å². The molecule has 0 aliphatic rings. The van der Waals surface area contributed by atoms with Crippen molar-refractivity contribution < 1.29 is 14.7 Å². The van der Waals surface area contributed by atoms with Gasteiger partial charge in [0.15, 0.2) is 0 Å². The molecule has 0 saturated heterocycles. The van der Waals surface area contributed by atoms with E-state index in [1.165, 1.54) is 6.92 Å². The molecule has 1 atom stereocenters. The third-order valence-electron chi connectivity index (χ3n) is 2.33. The molecule has 0 fully saturated rings. The molecule has 6 heteroatoms. The Bertz CT molecular complexity index is 408. The molecule has 0 aliphatic heterocycles. The number of nitrogens with one attached hydrogen (secondary N) is 1. The Balaban J connectivity index is 2.53. The zero-order valence-electron chi connectivity index (χ0n) is 10.5. The first-order valence-electron chi connectivity index (χ1n) is 5.57. The summed E-state index contributed by atoms with van der Waals surface area (Å²) in [6, 6.07) is 4.65. The normalized spacial score (nSPS) is 12.2. The van der Waals surface area contributed by atoms with Gasteiger partial charge in [0.2, 0.25) is 5.91 Å². The standard InChI is InChI=1S/C12H17N3O3/c1-9(16)14-11(12(17)18)8-15(2)7-10-5-3-4-6-13-10/h3-6,11H,7-8H2,1-2H3,(H,14,16)(H,17,18). The second kappa shape index (κ2) is 6.70. The summed E-state index contributed by atoms with van der Waals surface area (Å²) < 4.78 is 0. The number of rotatable bonds is 6. The third-order valence-corrected chi connectivity index (χ3v) is 2.33. The number of hydrogen-bond acceptors (Lipinski definition) is 4. The first-order valence-corrected chi connectivity index (χ1v) is 5.57. The Labute approximate surface area is 106 Å². The number of carboxylic acid groups (broad SMARTS) is 1. The van der Waals surface area contributed by atoms with Crippen molar-refractivity contribution in [2.24, 2.45) is 0 Å². The first-order chi connectivity index (χ1) is 8.49. The Morgan fingerprint density at radius 1 is 1.50 bits per heavy atom. The summed E-state index contributed by atoms with van der Waals surface area (Å²) in [6.07, 6.45) is 1.69. The lowest BCUT2D eigenvalue weighted by atomic mass is 10.2. The Hall–Kier alpha value is -1.95. The van der Waals surface area contributed by atoms with Crippen LogP contribution in [-0.2, 0) is 16.1 Å². The summed E-state index contributed by atoms with van der Waals surface area (Å²) in [6.45, 7) is 2.06. The molecular weight excluding hydrogens is 234 g/mol. The molecule has 1 rings (SSSR count). The number of hydrogen-bond donors (Lipinski definition) is 2. The lowest BCUT2D eigenvalue weighted by Gasteiger charge is -2.21. The average Bonchev–Trinajstić information content (AvgIpc) is 2.28. The third kappa shape index (κ3) is 4.92. The van der Waals surface area contributed by atoms with Crippen molar-refractivity contribution in [3.8, 4) is 0 Å². The van der Waals surface area contributed by atoms with Gasteiger partial charge in [0.1, 0.15) is 6.04 Å². The van der Waals surface area contributed by atoms with Gasteiger partial charge in [-0.15, -0.1) is 0 Å². The minimum absolute atomic E-state index is 0.228. The highest BCUT2D eigenvalue weighted by atomic mass is 16.4. The van der Waals surface area contributed by atoms with E-state index in [1.54, 1.807) is 18.1 Å². The van der Waals surface area contributed by atoms with Crippen LogP contribution in [0.25, 0.3) is 0 Å². The summed E-state index contributed by atoms with van der Waals surface area (Å²) in [5, 5.41) is 11.4. The van der Waals surface area contributed by atoms with Crippen LogP contribution in [0.2, 0.25) is 0 Å². The van der Waals surface area contributed by atoms with Gasteiger partial charge in [-0.1, -0.05) is 6.07 Å². The smallest absolute Gasteiger partial charge is 0.327 e. The van der Waals surface area contributed by atoms with Gasteiger partial charge in [-0.25, -0.2) is 4.79 Å². The number of amides is 1. The van der Waals surface area contributed by atoms with Gasteiger partial charge in [-0.3, -0.25) is 14.7 Å². The van der Waals surface area contributed by atoms with Gasteiger partial charge in [0.05, 0.1) is 5.69 Å². The molecule has 0 saturated carbocycles. The van der Waals surface area contributed by atoms with Gasteiger partial charge in [-0.05, 0) is 19.2 Å². The van der Waals surface area contributed by atoms with Gasteiger partial charge in [0, 0.05) is 26.2 Å². The van der Waals surface area contributed by atoms with E-state index in [-0.39, 0.29) is 12.5 Å². The molecule has 1 aromatic heterocycles. The maximum absolute atomic E-state index is 11.0. The summed E-state index contributed by atoms with van der Waals surface area (Å²) in [7, 11) is 1.78. The van der Waals surface area contributed by atoms with Crippen LogP contribution >= 0.6 is 0 Å². The molecule has 98 valence electrons. The lowest BCUT2D eigenvalue weighted by molar-refractivity contribution is -0.142. The Kier molecular flexibility index (Phi) is 5.26. The van der Waals surface area contributed by atoms with Gasteiger partial charge in [-0.2, -0.15) is 0 Å². The minimum atomic E-state index is -1.04. The summed E-state index contributed by atoms with van der Waals surface area (Å²) in [5.74, 6) is -1.40. The quantitative estimate of drug-likeness (QED) is 0.749. The highest BCUT2D eigenvalue weighted by Gasteiger charge is 2.20. The largest absolute Gasteiger partial charge is 0.480 e. The maximum Gasteiger partial charge on any atom is 0.327 e. The number of aromatic nitrogens is 1. The SMILES string of the molecule is CC(=O)NC(CN(C)Cc1ccccn1)C(=O)O. The fraction of sp³-hybridized carbons (Fsp3) is 0.417. The number of carbonyl (C=O) groups is 2. The zero-order valence-corrected chi connectivity index (χ0v) is 10.5. The zero-order chi connectivity index (χ0) is 13.5. The number of likely N-dealkylation sites (N-methyl/N-ethyl adjacent to an activating group) is 1. The molecule has 2 N–H and O–H groups in total. The number of nitrogens with zero attached hydrogens (tertiary/aromatic N) is 2. The van der Waals surface area contributed by atoms with Crippen molar-refractivity contribution in [1.29, 1.82) is 0 Å². The monoisotopic (exact) mass is 251 g/mol. The van der Waals surface area contributed by atoms with E-state index in [1.807, 2.05) is 18.2 Å². The molecule has 1 aromatic rings. The summed E-state index contributed by atoms with van der Waals surface area (Å²) >= 11 is 0. The Morgan fingerprint density at radius 3 is 2.72 bits per heavy atom. The van der Waals surface area contributed by atoms with Crippen LogP contribution in [0, 0.1) is 0 Å². The number of pyridine rings is 1. The van der Waals surface area contributed by atoms with Crippen LogP contribution in [-0.4, -0.2) is 46.5 Å². The molecule has 0 bridgehead atoms. The number of aliphatic carboxylic acids is 1. The van der Waals surface area contributed by atoms with E-state index in [0.717, 1.165) is 5.69 Å². The van der Waals surface area contributed by atoms with E-state index in [2.05, 4.69) is 10.3 Å². The molecule has 0 aromatic carbocycles. The topological polar surface area (TPSA) is 82.5 Å². The highest BCUT2D eigenvalue weighted by molar-refractivity contribution is 5.82. The van der Waals surface area contributed by atoms with Crippen molar-refractivity contribution >= 4 is 11.9 Å². The number of carbonyl (C=O) groups excluding carboxylic acids is 1. The van der Waals surface area contributed by atoms with Crippen molar-refractivity contribution in [3.63, 3.8) is 0 Å². The highest BCUT2D eigenvalue weighted by Crippen LogP contribution is 2.00. The van der Waals surface area contributed by atoms with Crippen molar-refractivity contribution in [2.75, 3.05) is 13.6 Å². The summed E-state index contributed by atoms with van der Waals surface area (Å²) in [5.41, 5.74) is 0.854. The van der Waals surface area contributed by atoms with Crippen LogP contribution in [0.4, 0.5) is 0 Å². The van der Waals surface area contributed by atoms with Crippen LogP contribution in [0.3, 0.4) is 0 Å². The molecule has 1 unspecified atom stereocenters. The predicted octanol–water partition coefficient (Wildman–Crippen LogP) is 0.103. The molecule has 6 nitrogen and oxygen atoms in total. The van der Waals surface area contributed by atoms with Crippen molar-refractivity contribution in [1.82, 2.24) is 15.2 Å². The molecule has 1 heterocycles. The van der Waals surface area contributed by atoms with Crippen LogP contribution in [0.5, 0.6) is 0 Å². The van der Waals surface area contributed by atoms with Crippen molar-refractivity contribution in [3.05, 3.63) is 30.1 Å². The van der Waals surface area contributed by atoms with Crippen molar-refractivity contribution in [2.45, 2.75) is 19.5 Å². The first kappa shape index (κ1) is 14.1. The number of carboxylic acids is 1. The second-order valence-electron chi connectivity index (χ2n) is 4.11. The van der Waals surface area contributed by atoms with Crippen LogP contribution in [0.15, 0.2) is 24.4 Å². The minimum Gasteiger partial charge on any atom is -0.480 e. The van der Waals surface area contributed by atoms with Gasteiger partial charge >= 0.3 is 5.97 Å².